The van der Waals surface area contributed by atoms with E-state index in [-0.39, 0.29) is 22.3 Å². The summed E-state index contributed by atoms with van der Waals surface area (Å²) in [6, 6.07) is 20.6. The molecule has 2 amide bonds. The summed E-state index contributed by atoms with van der Waals surface area (Å²) in [4.78, 5) is 42.0. The summed E-state index contributed by atoms with van der Waals surface area (Å²) in [7, 11) is 0. The molecule has 3 aromatic carbocycles. The molecular weight excluding hydrogens is 450 g/mol. The summed E-state index contributed by atoms with van der Waals surface area (Å²) in [5, 5.41) is 15.9. The van der Waals surface area contributed by atoms with Crippen molar-refractivity contribution < 1.29 is 19.5 Å². The monoisotopic (exact) mass is 471 g/mol. The number of rotatable bonds is 7. The Labute approximate surface area is 200 Å². The van der Waals surface area contributed by atoms with Gasteiger partial charge in [-0.15, -0.1) is 11.8 Å². The van der Waals surface area contributed by atoms with Crippen molar-refractivity contribution in [2.45, 2.75) is 17.1 Å². The molecule has 34 heavy (non-hydrogen) atoms. The molecule has 0 aliphatic rings. The Balaban J connectivity index is 1.50. The van der Waals surface area contributed by atoms with Gasteiger partial charge in [0, 0.05) is 39.6 Å². The standard InChI is InChI=1S/C26H21N3O4S/c1-16(24(30)28-18-11-13-27-14-12-18)34-20-8-4-7-19(15-20)29-25(31)21-9-2-5-17-6-3-10-22(23(17)21)26(32)33/h2-16H,1H3,(H,29,31)(H,32,33)(H,27,28,30). The predicted octanol–water partition coefficient (Wildman–Crippen LogP) is 5.30. The molecule has 1 unspecified atom stereocenters. The lowest BCUT2D eigenvalue weighted by Gasteiger charge is -2.13. The SMILES string of the molecule is CC(Sc1cccc(NC(=O)c2cccc3cccc(C(=O)O)c23)c1)C(=O)Nc1ccncc1. The summed E-state index contributed by atoms with van der Waals surface area (Å²) in [5.41, 5.74) is 1.56. The second kappa shape index (κ2) is 10.2. The minimum Gasteiger partial charge on any atom is -0.478 e. The van der Waals surface area contributed by atoms with Crippen LogP contribution in [0.1, 0.15) is 27.6 Å². The maximum absolute atomic E-state index is 13.1. The Morgan fingerprint density at radius 3 is 2.24 bits per heavy atom. The van der Waals surface area contributed by atoms with Crippen LogP contribution in [0.4, 0.5) is 11.4 Å². The van der Waals surface area contributed by atoms with Gasteiger partial charge in [-0.3, -0.25) is 14.6 Å². The molecule has 0 saturated heterocycles. The molecule has 0 aliphatic carbocycles. The van der Waals surface area contributed by atoms with Crippen LogP contribution < -0.4 is 10.6 Å². The van der Waals surface area contributed by atoms with Crippen molar-refractivity contribution >= 4 is 51.7 Å². The molecular formula is C26H21N3O4S. The van der Waals surface area contributed by atoms with Gasteiger partial charge in [0.1, 0.15) is 0 Å². The minimum absolute atomic E-state index is 0.0709. The van der Waals surface area contributed by atoms with Crippen LogP contribution in [0.3, 0.4) is 0 Å². The number of fused-ring (bicyclic) bond motifs is 1. The minimum atomic E-state index is -1.09. The third-order valence-corrected chi connectivity index (χ3v) is 6.20. The van der Waals surface area contributed by atoms with Gasteiger partial charge in [0.2, 0.25) is 5.91 Å². The van der Waals surface area contributed by atoms with E-state index in [4.69, 9.17) is 0 Å². The van der Waals surface area contributed by atoms with Crippen LogP contribution in [0.5, 0.6) is 0 Å². The molecule has 0 saturated carbocycles. The van der Waals surface area contributed by atoms with E-state index < -0.39 is 11.9 Å². The number of carboxylic acids is 1. The number of carbonyl (C=O) groups is 3. The number of nitrogens with zero attached hydrogens (tertiary/aromatic N) is 1. The molecule has 7 nitrogen and oxygen atoms in total. The van der Waals surface area contributed by atoms with Gasteiger partial charge in [-0.25, -0.2) is 4.79 Å². The predicted molar refractivity (Wildman–Crippen MR) is 133 cm³/mol. The number of nitrogens with one attached hydrogen (secondary N) is 2. The highest BCUT2D eigenvalue weighted by atomic mass is 32.2. The zero-order valence-corrected chi connectivity index (χ0v) is 19.0. The van der Waals surface area contributed by atoms with Crippen LogP contribution in [0, 0.1) is 0 Å². The molecule has 0 aliphatic heterocycles. The zero-order chi connectivity index (χ0) is 24.1. The van der Waals surface area contributed by atoms with Gasteiger partial charge < -0.3 is 15.7 Å². The second-order valence-corrected chi connectivity index (χ2v) is 8.90. The van der Waals surface area contributed by atoms with E-state index in [0.717, 1.165) is 4.90 Å². The number of pyridine rings is 1. The highest BCUT2D eigenvalue weighted by molar-refractivity contribution is 8.00. The Morgan fingerprint density at radius 1 is 0.853 bits per heavy atom. The molecule has 1 heterocycles. The van der Waals surface area contributed by atoms with Crippen molar-refractivity contribution in [2.75, 3.05) is 10.6 Å². The topological polar surface area (TPSA) is 108 Å². The number of aromatic carboxylic acids is 1. The van der Waals surface area contributed by atoms with Gasteiger partial charge in [-0.1, -0.05) is 30.3 Å². The fraction of sp³-hybridized carbons (Fsp3) is 0.0769. The first kappa shape index (κ1) is 23.0. The number of benzene rings is 3. The number of hydrogen-bond acceptors (Lipinski definition) is 5. The van der Waals surface area contributed by atoms with E-state index in [9.17, 15) is 19.5 Å². The number of carbonyl (C=O) groups excluding carboxylic acids is 2. The average Bonchev–Trinajstić information content (AvgIpc) is 2.84. The molecule has 0 spiro atoms. The normalized spacial score (nSPS) is 11.6. The summed E-state index contributed by atoms with van der Waals surface area (Å²) < 4.78 is 0. The fourth-order valence-electron chi connectivity index (χ4n) is 3.49. The molecule has 0 radical (unpaired) electrons. The van der Waals surface area contributed by atoms with E-state index in [2.05, 4.69) is 15.6 Å². The quantitative estimate of drug-likeness (QED) is 0.316. The third-order valence-electron chi connectivity index (χ3n) is 5.10. The van der Waals surface area contributed by atoms with Gasteiger partial charge in [-0.2, -0.15) is 0 Å². The first-order chi connectivity index (χ1) is 16.4. The highest BCUT2D eigenvalue weighted by Gasteiger charge is 2.18. The van der Waals surface area contributed by atoms with Crippen molar-refractivity contribution in [1.29, 1.82) is 0 Å². The molecule has 170 valence electrons. The van der Waals surface area contributed by atoms with E-state index in [1.54, 1.807) is 80.0 Å². The number of thioether (sulfide) groups is 1. The van der Waals surface area contributed by atoms with Crippen molar-refractivity contribution in [3.8, 4) is 0 Å². The molecule has 0 fully saturated rings. The molecule has 4 rings (SSSR count). The smallest absolute Gasteiger partial charge is 0.336 e. The Kier molecular flexibility index (Phi) is 6.89. The van der Waals surface area contributed by atoms with Crippen molar-refractivity contribution in [2.24, 2.45) is 0 Å². The first-order valence-corrected chi connectivity index (χ1v) is 11.3. The Hall–Kier alpha value is -4.17. The fourth-order valence-corrected chi connectivity index (χ4v) is 4.42. The van der Waals surface area contributed by atoms with Gasteiger partial charge in [0.15, 0.2) is 0 Å². The first-order valence-electron chi connectivity index (χ1n) is 10.5. The second-order valence-electron chi connectivity index (χ2n) is 7.48. The van der Waals surface area contributed by atoms with E-state index in [1.165, 1.54) is 17.8 Å². The van der Waals surface area contributed by atoms with Crippen LogP contribution in [0.25, 0.3) is 10.8 Å². The molecule has 0 bridgehead atoms. The number of anilines is 2. The van der Waals surface area contributed by atoms with Crippen molar-refractivity contribution in [1.82, 2.24) is 4.98 Å². The number of carboxylic acid groups (broad SMARTS) is 1. The maximum Gasteiger partial charge on any atom is 0.336 e. The molecule has 3 N–H and O–H groups in total. The van der Waals surface area contributed by atoms with Crippen LogP contribution in [-0.2, 0) is 4.79 Å². The molecule has 1 atom stereocenters. The summed E-state index contributed by atoms with van der Waals surface area (Å²) >= 11 is 1.36. The van der Waals surface area contributed by atoms with Crippen LogP contribution in [-0.4, -0.2) is 33.1 Å². The lowest BCUT2D eigenvalue weighted by molar-refractivity contribution is -0.115. The summed E-state index contributed by atoms with van der Waals surface area (Å²) in [5.74, 6) is -1.66. The highest BCUT2D eigenvalue weighted by Crippen LogP contribution is 2.28. The Morgan fingerprint density at radius 2 is 1.53 bits per heavy atom. The van der Waals surface area contributed by atoms with Crippen molar-refractivity contribution in [3.63, 3.8) is 0 Å². The van der Waals surface area contributed by atoms with Crippen LogP contribution in [0.15, 0.2) is 90.1 Å². The lowest BCUT2D eigenvalue weighted by Crippen LogP contribution is -2.22. The number of hydrogen-bond donors (Lipinski definition) is 3. The van der Waals surface area contributed by atoms with Crippen molar-refractivity contribution in [3.05, 3.63) is 96.3 Å². The summed E-state index contributed by atoms with van der Waals surface area (Å²) in [6.07, 6.45) is 3.21. The third kappa shape index (κ3) is 5.24. The van der Waals surface area contributed by atoms with Gasteiger partial charge in [-0.05, 0) is 54.8 Å². The van der Waals surface area contributed by atoms with Crippen LogP contribution in [0.2, 0.25) is 0 Å². The van der Waals surface area contributed by atoms with E-state index >= 15 is 0 Å². The Bertz CT molecular complexity index is 1370. The molecule has 4 aromatic rings. The summed E-state index contributed by atoms with van der Waals surface area (Å²) in [6.45, 7) is 1.80. The molecule has 8 heteroatoms. The van der Waals surface area contributed by atoms with Crippen LogP contribution >= 0.6 is 11.8 Å². The maximum atomic E-state index is 13.1. The van der Waals surface area contributed by atoms with Gasteiger partial charge >= 0.3 is 5.97 Å². The van der Waals surface area contributed by atoms with E-state index in [0.29, 0.717) is 22.1 Å². The zero-order valence-electron chi connectivity index (χ0n) is 18.2. The lowest BCUT2D eigenvalue weighted by atomic mass is 9.98. The molecule has 1 aromatic heterocycles. The van der Waals surface area contributed by atoms with E-state index in [1.807, 2.05) is 6.07 Å². The van der Waals surface area contributed by atoms with Gasteiger partial charge in [0.05, 0.1) is 10.8 Å². The largest absolute Gasteiger partial charge is 0.478 e. The number of amides is 2. The van der Waals surface area contributed by atoms with Gasteiger partial charge in [0.25, 0.3) is 5.91 Å². The number of aromatic nitrogens is 1. The average molecular weight is 472 g/mol.